The summed E-state index contributed by atoms with van der Waals surface area (Å²) in [6.45, 7) is 4.20. The van der Waals surface area contributed by atoms with E-state index in [0.29, 0.717) is 5.71 Å². The first-order chi connectivity index (χ1) is 10.2. The van der Waals surface area contributed by atoms with Crippen molar-refractivity contribution < 1.29 is 4.42 Å². The number of aromatic nitrogens is 1. The summed E-state index contributed by atoms with van der Waals surface area (Å²) < 4.78 is 6.02. The molecule has 0 fully saturated rings. The zero-order chi connectivity index (χ0) is 14.4. The van der Waals surface area contributed by atoms with Crippen molar-refractivity contribution in [1.29, 1.82) is 0 Å². The number of hydrogen-bond acceptors (Lipinski definition) is 2. The minimum absolute atomic E-state index is 0.708. The fraction of sp³-hybridized carbons (Fsp3) is 0.105. The molecule has 0 unspecified atom stereocenters. The lowest BCUT2D eigenvalue weighted by atomic mass is 10.1. The van der Waals surface area contributed by atoms with E-state index in [1.165, 1.54) is 11.1 Å². The summed E-state index contributed by atoms with van der Waals surface area (Å²) in [4.78, 5) is 4.69. The zero-order valence-corrected chi connectivity index (χ0v) is 12.1. The van der Waals surface area contributed by atoms with Crippen molar-refractivity contribution in [2.24, 2.45) is 0 Å². The smallest absolute Gasteiger partial charge is 0.227 e. The molecule has 0 aliphatic carbocycles. The third-order valence-corrected chi connectivity index (χ3v) is 4.10. The molecule has 2 aromatic heterocycles. The second-order valence-corrected chi connectivity index (χ2v) is 5.40. The van der Waals surface area contributed by atoms with Crippen LogP contribution in [0.15, 0.2) is 59.0 Å². The molecule has 0 bridgehead atoms. The highest BCUT2D eigenvalue weighted by molar-refractivity contribution is 6.05. The Morgan fingerprint density at radius 1 is 0.810 bits per heavy atom. The molecule has 0 atom stereocenters. The average molecular weight is 273 g/mol. The fourth-order valence-electron chi connectivity index (χ4n) is 2.72. The molecular weight excluding hydrogens is 258 g/mol. The molecule has 0 amide bonds. The fourth-order valence-corrected chi connectivity index (χ4v) is 2.72. The SMILES string of the molecule is Cc1ccc2c(oc3nc(-c4ccccc4)ccc32)c1C. The number of fused-ring (bicyclic) bond motifs is 3. The molecule has 2 nitrogen and oxygen atoms in total. The van der Waals surface area contributed by atoms with E-state index in [4.69, 9.17) is 4.42 Å². The Bertz CT molecular complexity index is 952. The molecule has 0 spiro atoms. The Labute approximate surface area is 123 Å². The van der Waals surface area contributed by atoms with Gasteiger partial charge in [0.25, 0.3) is 0 Å². The van der Waals surface area contributed by atoms with Gasteiger partial charge in [-0.1, -0.05) is 42.5 Å². The van der Waals surface area contributed by atoms with Crippen LogP contribution in [0.2, 0.25) is 0 Å². The van der Waals surface area contributed by atoms with Gasteiger partial charge in [-0.3, -0.25) is 0 Å². The van der Waals surface area contributed by atoms with E-state index >= 15 is 0 Å². The summed E-state index contributed by atoms with van der Waals surface area (Å²) >= 11 is 0. The Morgan fingerprint density at radius 2 is 1.57 bits per heavy atom. The molecule has 0 radical (unpaired) electrons. The van der Waals surface area contributed by atoms with Gasteiger partial charge in [0.2, 0.25) is 5.71 Å². The van der Waals surface area contributed by atoms with Crippen LogP contribution in [-0.4, -0.2) is 4.98 Å². The predicted molar refractivity (Wildman–Crippen MR) is 86.4 cm³/mol. The maximum atomic E-state index is 6.02. The number of pyridine rings is 1. The lowest BCUT2D eigenvalue weighted by Crippen LogP contribution is -1.82. The average Bonchev–Trinajstić information content (AvgIpc) is 2.90. The van der Waals surface area contributed by atoms with E-state index in [-0.39, 0.29) is 0 Å². The number of furan rings is 1. The molecule has 2 aromatic carbocycles. The van der Waals surface area contributed by atoms with E-state index in [1.807, 2.05) is 18.2 Å². The van der Waals surface area contributed by atoms with Crippen LogP contribution in [0.25, 0.3) is 33.3 Å². The summed E-state index contributed by atoms with van der Waals surface area (Å²) in [6, 6.07) is 18.6. The largest absolute Gasteiger partial charge is 0.437 e. The van der Waals surface area contributed by atoms with Gasteiger partial charge in [-0.2, -0.15) is 0 Å². The van der Waals surface area contributed by atoms with Gasteiger partial charge < -0.3 is 4.42 Å². The maximum Gasteiger partial charge on any atom is 0.227 e. The first-order valence-corrected chi connectivity index (χ1v) is 7.09. The number of rotatable bonds is 1. The normalized spacial score (nSPS) is 11.3. The monoisotopic (exact) mass is 273 g/mol. The molecule has 0 aliphatic heterocycles. The lowest BCUT2D eigenvalue weighted by Gasteiger charge is -1.99. The molecule has 4 aromatic rings. The molecule has 0 saturated heterocycles. The summed E-state index contributed by atoms with van der Waals surface area (Å²) in [5.74, 6) is 0. The standard InChI is InChI=1S/C19H15NO/c1-12-8-9-15-16-10-11-17(14-6-4-3-5-7-14)20-19(16)21-18(15)13(12)2/h3-11H,1-2H3. The molecule has 0 N–H and O–H groups in total. The van der Waals surface area contributed by atoms with Gasteiger partial charge in [0, 0.05) is 16.3 Å². The maximum absolute atomic E-state index is 6.02. The summed E-state index contributed by atoms with van der Waals surface area (Å²) in [5, 5.41) is 2.22. The van der Waals surface area contributed by atoms with E-state index < -0.39 is 0 Å². The molecule has 0 saturated carbocycles. The lowest BCUT2D eigenvalue weighted by molar-refractivity contribution is 0.651. The number of benzene rings is 2. The summed E-state index contributed by atoms with van der Waals surface area (Å²) in [6.07, 6.45) is 0. The van der Waals surface area contributed by atoms with Gasteiger partial charge in [-0.05, 0) is 37.1 Å². The second-order valence-electron chi connectivity index (χ2n) is 5.40. The van der Waals surface area contributed by atoms with Crippen LogP contribution < -0.4 is 0 Å². The first-order valence-electron chi connectivity index (χ1n) is 7.09. The van der Waals surface area contributed by atoms with E-state index in [9.17, 15) is 0 Å². The van der Waals surface area contributed by atoms with Crippen LogP contribution in [0.3, 0.4) is 0 Å². The van der Waals surface area contributed by atoms with E-state index in [1.54, 1.807) is 0 Å². The van der Waals surface area contributed by atoms with Gasteiger partial charge >= 0.3 is 0 Å². The van der Waals surface area contributed by atoms with Crippen LogP contribution in [0.5, 0.6) is 0 Å². The Balaban J connectivity index is 2.01. The van der Waals surface area contributed by atoms with Crippen molar-refractivity contribution in [1.82, 2.24) is 4.98 Å². The van der Waals surface area contributed by atoms with E-state index in [2.05, 4.69) is 55.2 Å². The van der Waals surface area contributed by atoms with Gasteiger partial charge in [0.1, 0.15) is 5.58 Å². The van der Waals surface area contributed by atoms with Gasteiger partial charge in [0.05, 0.1) is 5.69 Å². The third kappa shape index (κ3) is 1.83. The molecule has 4 rings (SSSR count). The van der Waals surface area contributed by atoms with Crippen LogP contribution >= 0.6 is 0 Å². The number of nitrogens with zero attached hydrogens (tertiary/aromatic N) is 1. The van der Waals surface area contributed by atoms with Crippen LogP contribution in [0.1, 0.15) is 11.1 Å². The van der Waals surface area contributed by atoms with Gasteiger partial charge in [0.15, 0.2) is 0 Å². The zero-order valence-electron chi connectivity index (χ0n) is 12.1. The minimum atomic E-state index is 0.708. The van der Waals surface area contributed by atoms with Crippen molar-refractivity contribution in [2.45, 2.75) is 13.8 Å². The van der Waals surface area contributed by atoms with Crippen LogP contribution in [-0.2, 0) is 0 Å². The molecular formula is C19H15NO. The Kier molecular flexibility index (Phi) is 2.58. The van der Waals surface area contributed by atoms with Gasteiger partial charge in [-0.15, -0.1) is 0 Å². The molecule has 2 heteroatoms. The van der Waals surface area contributed by atoms with Crippen LogP contribution in [0.4, 0.5) is 0 Å². The minimum Gasteiger partial charge on any atom is -0.437 e. The topological polar surface area (TPSA) is 26.0 Å². The highest BCUT2D eigenvalue weighted by Gasteiger charge is 2.12. The van der Waals surface area contributed by atoms with Crippen LogP contribution in [0, 0.1) is 13.8 Å². The van der Waals surface area contributed by atoms with Crippen molar-refractivity contribution in [3.8, 4) is 11.3 Å². The van der Waals surface area contributed by atoms with Crippen molar-refractivity contribution in [3.05, 3.63) is 65.7 Å². The molecule has 2 heterocycles. The van der Waals surface area contributed by atoms with Crippen molar-refractivity contribution in [2.75, 3.05) is 0 Å². The second kappa shape index (κ2) is 4.45. The summed E-state index contributed by atoms with van der Waals surface area (Å²) in [5.41, 5.74) is 6.13. The quantitative estimate of drug-likeness (QED) is 0.472. The summed E-state index contributed by atoms with van der Waals surface area (Å²) in [7, 11) is 0. The van der Waals surface area contributed by atoms with Crippen molar-refractivity contribution >= 4 is 22.1 Å². The van der Waals surface area contributed by atoms with Gasteiger partial charge in [-0.25, -0.2) is 4.98 Å². The highest BCUT2D eigenvalue weighted by Crippen LogP contribution is 2.32. The number of hydrogen-bond donors (Lipinski definition) is 0. The molecule has 21 heavy (non-hydrogen) atoms. The number of aryl methyl sites for hydroxylation is 2. The molecule has 102 valence electrons. The predicted octanol–water partition coefficient (Wildman–Crippen LogP) is 5.26. The Morgan fingerprint density at radius 3 is 2.38 bits per heavy atom. The third-order valence-electron chi connectivity index (χ3n) is 4.10. The first kappa shape index (κ1) is 12.2. The Hall–Kier alpha value is -2.61. The van der Waals surface area contributed by atoms with E-state index in [0.717, 1.165) is 27.6 Å². The molecule has 0 aliphatic rings. The van der Waals surface area contributed by atoms with Crippen molar-refractivity contribution in [3.63, 3.8) is 0 Å². The highest BCUT2D eigenvalue weighted by atomic mass is 16.3.